The van der Waals surface area contributed by atoms with E-state index in [0.29, 0.717) is 0 Å². The second-order valence-electron chi connectivity index (χ2n) is 13.0. The number of hydrogen-bond donors (Lipinski definition) is 0. The number of benzene rings is 9. The summed E-state index contributed by atoms with van der Waals surface area (Å²) in [5.41, 5.74) is 12.9. The summed E-state index contributed by atoms with van der Waals surface area (Å²) in [5, 5.41) is 5.01. The summed E-state index contributed by atoms with van der Waals surface area (Å²) in [4.78, 5) is 2.40. The summed E-state index contributed by atoms with van der Waals surface area (Å²) in [5.74, 6) is 0. The van der Waals surface area contributed by atoms with Crippen molar-refractivity contribution in [1.29, 1.82) is 0 Å². The first-order chi connectivity index (χ1) is 25.3. The molecule has 1 nitrogen and oxygen atoms in total. The lowest BCUT2D eigenvalue weighted by Gasteiger charge is -2.29. The number of para-hydroxylation sites is 1. The van der Waals surface area contributed by atoms with Crippen LogP contribution in [0.15, 0.2) is 212 Å². The summed E-state index contributed by atoms with van der Waals surface area (Å²) >= 11 is 0. The van der Waals surface area contributed by atoms with Crippen LogP contribution in [0.2, 0.25) is 0 Å². The lowest BCUT2D eigenvalue weighted by molar-refractivity contribution is 1.28. The van der Waals surface area contributed by atoms with Crippen molar-refractivity contribution in [2.75, 3.05) is 4.90 Å². The van der Waals surface area contributed by atoms with Crippen molar-refractivity contribution >= 4 is 38.6 Å². The second kappa shape index (κ2) is 13.3. The van der Waals surface area contributed by atoms with Gasteiger partial charge in [0.1, 0.15) is 0 Å². The minimum absolute atomic E-state index is 1.10. The second-order valence-corrected chi connectivity index (χ2v) is 13.0. The first-order valence-corrected chi connectivity index (χ1v) is 17.5. The molecule has 9 rings (SSSR count). The number of nitrogens with zero attached hydrogens (tertiary/aromatic N) is 1. The van der Waals surface area contributed by atoms with Crippen LogP contribution in [0.5, 0.6) is 0 Å². The van der Waals surface area contributed by atoms with Crippen molar-refractivity contribution in [1.82, 2.24) is 0 Å². The molecule has 0 aliphatic carbocycles. The van der Waals surface area contributed by atoms with E-state index in [4.69, 9.17) is 0 Å². The number of hydrogen-bond acceptors (Lipinski definition) is 1. The van der Waals surface area contributed by atoms with Gasteiger partial charge in [-0.05, 0) is 96.9 Å². The minimum atomic E-state index is 1.10. The highest BCUT2D eigenvalue weighted by Crippen LogP contribution is 2.44. The zero-order valence-electron chi connectivity index (χ0n) is 28.2. The highest BCUT2D eigenvalue weighted by molar-refractivity contribution is 6.00. The molecule has 0 atom stereocenters. The molecule has 0 fully saturated rings. The Morgan fingerprint density at radius 1 is 0.255 bits per heavy atom. The third-order valence-corrected chi connectivity index (χ3v) is 9.86. The molecule has 0 radical (unpaired) electrons. The topological polar surface area (TPSA) is 3.24 Å². The van der Waals surface area contributed by atoms with Crippen LogP contribution in [-0.4, -0.2) is 0 Å². The Bertz CT molecular complexity index is 2610. The summed E-state index contributed by atoms with van der Waals surface area (Å²) in [6.07, 6.45) is 0. The van der Waals surface area contributed by atoms with E-state index in [1.807, 2.05) is 0 Å². The van der Waals surface area contributed by atoms with E-state index in [1.165, 1.54) is 66.1 Å². The van der Waals surface area contributed by atoms with Gasteiger partial charge in [0, 0.05) is 16.9 Å². The standard InChI is InChI=1S/C50H35N/c1-3-14-39(15-4-1)49-33-30-42(48-27-13-19-38-17-8-10-25-46(38)48)35-50(49)51(43-22-5-2-6-23-43)44-31-28-36(29-32-44)40-20-11-21-41(34-40)47-26-12-18-37-16-7-9-24-45(37)47/h1-35H. The first kappa shape index (κ1) is 30.4. The SMILES string of the molecule is c1ccc(-c2ccc(-c3cccc4ccccc34)cc2N(c2ccccc2)c2ccc(-c3cccc(-c4cccc5ccccc45)c3)cc2)cc1. The van der Waals surface area contributed by atoms with Gasteiger partial charge in [-0.2, -0.15) is 0 Å². The van der Waals surface area contributed by atoms with Crippen LogP contribution in [0.25, 0.3) is 66.1 Å². The molecule has 0 aromatic heterocycles. The van der Waals surface area contributed by atoms with Crippen molar-refractivity contribution < 1.29 is 0 Å². The van der Waals surface area contributed by atoms with Crippen molar-refractivity contribution in [3.8, 4) is 44.5 Å². The van der Waals surface area contributed by atoms with Crippen LogP contribution in [0.3, 0.4) is 0 Å². The molecule has 9 aromatic rings. The van der Waals surface area contributed by atoms with Crippen molar-refractivity contribution in [3.05, 3.63) is 212 Å². The van der Waals surface area contributed by atoms with E-state index in [2.05, 4.69) is 217 Å². The van der Waals surface area contributed by atoms with Crippen LogP contribution < -0.4 is 4.90 Å². The van der Waals surface area contributed by atoms with Crippen LogP contribution in [0.4, 0.5) is 17.1 Å². The maximum Gasteiger partial charge on any atom is 0.0546 e. The van der Waals surface area contributed by atoms with Crippen molar-refractivity contribution in [3.63, 3.8) is 0 Å². The summed E-state index contributed by atoms with van der Waals surface area (Å²) in [6.45, 7) is 0. The quantitative estimate of drug-likeness (QED) is 0.166. The number of anilines is 3. The van der Waals surface area contributed by atoms with Gasteiger partial charge in [0.15, 0.2) is 0 Å². The Kier molecular flexibility index (Phi) is 7.92. The van der Waals surface area contributed by atoms with Crippen LogP contribution in [-0.2, 0) is 0 Å². The van der Waals surface area contributed by atoms with Gasteiger partial charge in [-0.3, -0.25) is 0 Å². The third-order valence-electron chi connectivity index (χ3n) is 9.86. The molecule has 0 saturated carbocycles. The van der Waals surface area contributed by atoms with Gasteiger partial charge in [-0.1, -0.05) is 176 Å². The molecule has 240 valence electrons. The smallest absolute Gasteiger partial charge is 0.0546 e. The molecule has 1 heteroatoms. The van der Waals surface area contributed by atoms with Crippen LogP contribution >= 0.6 is 0 Å². The fourth-order valence-corrected chi connectivity index (χ4v) is 7.37. The fourth-order valence-electron chi connectivity index (χ4n) is 7.37. The lowest BCUT2D eigenvalue weighted by atomic mass is 9.94. The third kappa shape index (κ3) is 5.86. The van der Waals surface area contributed by atoms with Gasteiger partial charge in [-0.25, -0.2) is 0 Å². The normalized spacial score (nSPS) is 11.1. The molecule has 0 aliphatic rings. The predicted molar refractivity (Wildman–Crippen MR) is 218 cm³/mol. The number of fused-ring (bicyclic) bond motifs is 2. The maximum absolute atomic E-state index is 2.40. The Labute approximate surface area is 299 Å². The highest BCUT2D eigenvalue weighted by atomic mass is 15.1. The molecular formula is C50H35N. The largest absolute Gasteiger partial charge is 0.310 e. The van der Waals surface area contributed by atoms with Crippen molar-refractivity contribution in [2.45, 2.75) is 0 Å². The van der Waals surface area contributed by atoms with E-state index < -0.39 is 0 Å². The van der Waals surface area contributed by atoms with E-state index >= 15 is 0 Å². The Morgan fingerprint density at radius 2 is 0.725 bits per heavy atom. The fraction of sp³-hybridized carbons (Fsp3) is 0. The highest BCUT2D eigenvalue weighted by Gasteiger charge is 2.19. The number of rotatable bonds is 7. The van der Waals surface area contributed by atoms with Gasteiger partial charge in [0.25, 0.3) is 0 Å². The monoisotopic (exact) mass is 649 g/mol. The predicted octanol–water partition coefficient (Wildman–Crippen LogP) is 14.1. The van der Waals surface area contributed by atoms with Gasteiger partial charge < -0.3 is 4.90 Å². The van der Waals surface area contributed by atoms with Gasteiger partial charge in [0.05, 0.1) is 5.69 Å². The zero-order valence-corrected chi connectivity index (χ0v) is 28.2. The van der Waals surface area contributed by atoms with E-state index in [-0.39, 0.29) is 0 Å². The summed E-state index contributed by atoms with van der Waals surface area (Å²) in [6, 6.07) is 76.6. The lowest BCUT2D eigenvalue weighted by Crippen LogP contribution is -2.11. The zero-order chi connectivity index (χ0) is 34.0. The molecule has 0 amide bonds. The average molecular weight is 650 g/mol. The molecule has 0 N–H and O–H groups in total. The van der Waals surface area contributed by atoms with E-state index in [9.17, 15) is 0 Å². The van der Waals surface area contributed by atoms with E-state index in [0.717, 1.165) is 17.1 Å². The van der Waals surface area contributed by atoms with E-state index in [1.54, 1.807) is 0 Å². The Balaban J connectivity index is 1.17. The van der Waals surface area contributed by atoms with Gasteiger partial charge in [-0.15, -0.1) is 0 Å². The minimum Gasteiger partial charge on any atom is -0.310 e. The molecule has 0 saturated heterocycles. The molecule has 51 heavy (non-hydrogen) atoms. The van der Waals surface area contributed by atoms with Crippen molar-refractivity contribution in [2.24, 2.45) is 0 Å². The molecular weight excluding hydrogens is 615 g/mol. The molecule has 0 unspecified atom stereocenters. The van der Waals surface area contributed by atoms with Crippen LogP contribution in [0.1, 0.15) is 0 Å². The Hall–Kier alpha value is -6.70. The molecule has 9 aromatic carbocycles. The van der Waals surface area contributed by atoms with Gasteiger partial charge in [0.2, 0.25) is 0 Å². The molecule has 0 aliphatic heterocycles. The molecule has 0 spiro atoms. The average Bonchev–Trinajstić information content (AvgIpc) is 3.21. The Morgan fingerprint density at radius 3 is 1.39 bits per heavy atom. The maximum atomic E-state index is 2.40. The molecule has 0 bridgehead atoms. The molecule has 0 heterocycles. The summed E-state index contributed by atoms with van der Waals surface area (Å²) in [7, 11) is 0. The first-order valence-electron chi connectivity index (χ1n) is 17.5. The summed E-state index contributed by atoms with van der Waals surface area (Å²) < 4.78 is 0. The van der Waals surface area contributed by atoms with Gasteiger partial charge >= 0.3 is 0 Å². The van der Waals surface area contributed by atoms with Crippen LogP contribution in [0, 0.1) is 0 Å².